The summed E-state index contributed by atoms with van der Waals surface area (Å²) in [7, 11) is 0. The molecule has 3 heteroatoms. The normalized spacial score (nSPS) is 11.9. The summed E-state index contributed by atoms with van der Waals surface area (Å²) < 4.78 is 0. The van der Waals surface area contributed by atoms with Gasteiger partial charge in [0.1, 0.15) is 11.6 Å². The quantitative estimate of drug-likeness (QED) is 0.732. The van der Waals surface area contributed by atoms with Gasteiger partial charge >= 0.3 is 0 Å². The van der Waals surface area contributed by atoms with Crippen LogP contribution < -0.4 is 0 Å². The van der Waals surface area contributed by atoms with Crippen LogP contribution in [0, 0.1) is 52.1 Å². The molecule has 79 valence electrons. The monoisotopic (exact) mass is 325 g/mol. The molecule has 0 aliphatic rings. The van der Waals surface area contributed by atoms with Gasteiger partial charge in [-0.2, -0.15) is 0 Å². The molecule has 0 rings (SSSR count). The molecule has 0 spiro atoms. The summed E-state index contributed by atoms with van der Waals surface area (Å²) in [6, 6.07) is 0. The first-order chi connectivity index (χ1) is 5.55. The Hall–Kier alpha value is 0.704. The number of carbonyl (C=O) groups is 2. The third kappa shape index (κ3) is 6.24. The van der Waals surface area contributed by atoms with Crippen molar-refractivity contribution in [3.05, 3.63) is 0 Å². The standard InChI is InChI=1S/C11H20O2.Pr/c1-10(2,3)8(12)7-9(13)11(4,5)6;/h7H2,1-6H3;. The summed E-state index contributed by atoms with van der Waals surface area (Å²) in [6.45, 7) is 11.0. The van der Waals surface area contributed by atoms with Gasteiger partial charge in [-0.05, 0) is 0 Å². The number of hydrogen-bond donors (Lipinski definition) is 0. The van der Waals surface area contributed by atoms with Gasteiger partial charge in [-0.25, -0.2) is 0 Å². The van der Waals surface area contributed by atoms with E-state index in [4.69, 9.17) is 0 Å². The molecule has 0 amide bonds. The maximum absolute atomic E-state index is 11.5. The van der Waals surface area contributed by atoms with E-state index in [0.29, 0.717) is 0 Å². The first kappa shape index (κ1) is 17.1. The minimum Gasteiger partial charge on any atom is -0.299 e. The van der Waals surface area contributed by atoms with Gasteiger partial charge in [0.05, 0.1) is 6.42 Å². The van der Waals surface area contributed by atoms with Crippen molar-refractivity contribution >= 4 is 11.6 Å². The molecular weight excluding hydrogens is 305 g/mol. The van der Waals surface area contributed by atoms with Crippen molar-refractivity contribution in [2.45, 2.75) is 48.0 Å². The van der Waals surface area contributed by atoms with E-state index in [1.807, 2.05) is 41.5 Å². The maximum Gasteiger partial charge on any atom is 0.145 e. The zero-order chi connectivity index (χ0) is 10.9. The Morgan fingerprint density at radius 2 is 1.00 bits per heavy atom. The first-order valence-electron chi connectivity index (χ1n) is 4.62. The van der Waals surface area contributed by atoms with E-state index < -0.39 is 10.8 Å². The van der Waals surface area contributed by atoms with Crippen LogP contribution in [0.4, 0.5) is 0 Å². The second kappa shape index (κ2) is 5.70. The molecule has 2 nitrogen and oxygen atoms in total. The van der Waals surface area contributed by atoms with Crippen molar-refractivity contribution in [2.75, 3.05) is 0 Å². The number of ketones is 2. The fourth-order valence-electron chi connectivity index (χ4n) is 0.676. The third-order valence-corrected chi connectivity index (χ3v) is 1.99. The van der Waals surface area contributed by atoms with Gasteiger partial charge in [-0.1, -0.05) is 41.5 Å². The maximum atomic E-state index is 11.5. The van der Waals surface area contributed by atoms with Crippen LogP contribution in [0.3, 0.4) is 0 Å². The molecule has 0 aliphatic heterocycles. The molecular formula is C11H20O2Pr. The van der Waals surface area contributed by atoms with Crippen molar-refractivity contribution in [1.82, 2.24) is 0 Å². The third-order valence-electron chi connectivity index (χ3n) is 1.99. The van der Waals surface area contributed by atoms with Crippen LogP contribution in [0.15, 0.2) is 0 Å². The molecule has 0 N–H and O–H groups in total. The zero-order valence-electron chi connectivity index (χ0n) is 10.1. The molecule has 0 fully saturated rings. The van der Waals surface area contributed by atoms with Crippen molar-refractivity contribution in [2.24, 2.45) is 10.8 Å². The van der Waals surface area contributed by atoms with Crippen LogP contribution in [0.25, 0.3) is 0 Å². The van der Waals surface area contributed by atoms with E-state index in [0.717, 1.165) is 0 Å². The summed E-state index contributed by atoms with van der Waals surface area (Å²) in [5.74, 6) is 0.0415. The second-order valence-corrected chi connectivity index (χ2v) is 5.52. The molecule has 0 unspecified atom stereocenters. The van der Waals surface area contributed by atoms with E-state index in [1.165, 1.54) is 0 Å². The second-order valence-electron chi connectivity index (χ2n) is 5.52. The van der Waals surface area contributed by atoms with Crippen molar-refractivity contribution in [3.63, 3.8) is 0 Å². The van der Waals surface area contributed by atoms with Gasteiger partial charge in [0, 0.05) is 52.1 Å². The summed E-state index contributed by atoms with van der Waals surface area (Å²) in [4.78, 5) is 23.0. The summed E-state index contributed by atoms with van der Waals surface area (Å²) >= 11 is 0. The largest absolute Gasteiger partial charge is 0.299 e. The molecule has 0 aromatic rings. The van der Waals surface area contributed by atoms with Gasteiger partial charge in [-0.15, -0.1) is 0 Å². The Kier molecular flexibility index (Phi) is 6.96. The van der Waals surface area contributed by atoms with Crippen molar-refractivity contribution in [3.8, 4) is 0 Å². The van der Waals surface area contributed by atoms with Gasteiger partial charge in [0.2, 0.25) is 0 Å². The smallest absolute Gasteiger partial charge is 0.145 e. The fraction of sp³-hybridized carbons (Fsp3) is 0.818. The Morgan fingerprint density at radius 3 is 1.14 bits per heavy atom. The van der Waals surface area contributed by atoms with Crippen LogP contribution in [-0.4, -0.2) is 11.6 Å². The molecule has 0 aromatic carbocycles. The van der Waals surface area contributed by atoms with E-state index in [1.54, 1.807) is 0 Å². The van der Waals surface area contributed by atoms with Gasteiger partial charge in [0.15, 0.2) is 0 Å². The number of carbonyl (C=O) groups excluding carboxylic acids is 2. The molecule has 0 bridgehead atoms. The van der Waals surface area contributed by atoms with E-state index in [2.05, 4.69) is 0 Å². The number of hydrogen-bond acceptors (Lipinski definition) is 2. The predicted octanol–water partition coefficient (Wildman–Crippen LogP) is 2.61. The Labute approximate surface area is 120 Å². The van der Waals surface area contributed by atoms with Crippen LogP contribution in [0.1, 0.15) is 48.0 Å². The Balaban J connectivity index is 0. The fourth-order valence-corrected chi connectivity index (χ4v) is 0.676. The summed E-state index contributed by atoms with van der Waals surface area (Å²) in [5, 5.41) is 0. The average molecular weight is 325 g/mol. The van der Waals surface area contributed by atoms with Crippen molar-refractivity contribution < 1.29 is 50.9 Å². The van der Waals surface area contributed by atoms with Crippen molar-refractivity contribution in [1.29, 1.82) is 0 Å². The number of Topliss-reactive ketones (excluding diaryl/α,β-unsaturated/α-hetero) is 2. The summed E-state index contributed by atoms with van der Waals surface area (Å²) in [5.41, 5.74) is -0.804. The van der Waals surface area contributed by atoms with Crippen LogP contribution in [0.2, 0.25) is 0 Å². The molecule has 0 aromatic heterocycles. The van der Waals surface area contributed by atoms with Gasteiger partial charge < -0.3 is 0 Å². The van der Waals surface area contributed by atoms with E-state index in [9.17, 15) is 9.59 Å². The van der Waals surface area contributed by atoms with Crippen LogP contribution in [0.5, 0.6) is 0 Å². The minimum absolute atomic E-state index is 0. The van der Waals surface area contributed by atoms with Gasteiger partial charge in [-0.3, -0.25) is 9.59 Å². The zero-order valence-corrected chi connectivity index (χ0v) is 13.8. The molecule has 0 saturated carbocycles. The topological polar surface area (TPSA) is 34.1 Å². The van der Waals surface area contributed by atoms with E-state index in [-0.39, 0.29) is 59.3 Å². The molecule has 1 radical (unpaired) electrons. The SMILES string of the molecule is CC(C)(C)C(=O)CC(=O)C(C)(C)C.[Pr]. The molecule has 0 heterocycles. The van der Waals surface area contributed by atoms with Crippen LogP contribution >= 0.6 is 0 Å². The number of rotatable bonds is 2. The summed E-state index contributed by atoms with van der Waals surface area (Å²) in [6.07, 6.45) is 0.0625. The molecule has 0 saturated heterocycles. The predicted molar refractivity (Wildman–Crippen MR) is 53.5 cm³/mol. The first-order valence-corrected chi connectivity index (χ1v) is 4.62. The average Bonchev–Trinajstić information content (AvgIpc) is 1.82. The van der Waals surface area contributed by atoms with Crippen LogP contribution in [-0.2, 0) is 9.59 Å². The Morgan fingerprint density at radius 1 is 0.786 bits per heavy atom. The van der Waals surface area contributed by atoms with Gasteiger partial charge in [0.25, 0.3) is 0 Å². The molecule has 0 atom stereocenters. The molecule has 0 aliphatic carbocycles. The minimum atomic E-state index is -0.402. The molecule has 14 heavy (non-hydrogen) atoms. The Bertz CT molecular complexity index is 194. The van der Waals surface area contributed by atoms with E-state index >= 15 is 0 Å².